The van der Waals surface area contributed by atoms with E-state index < -0.39 is 11.9 Å². The maximum atomic E-state index is 11.5. The first kappa shape index (κ1) is 11.1. The summed E-state index contributed by atoms with van der Waals surface area (Å²) in [5.41, 5.74) is 0.254. The van der Waals surface area contributed by atoms with Crippen molar-refractivity contribution in [2.45, 2.75) is 6.92 Å². The number of esters is 1. The molecule has 7 nitrogen and oxygen atoms in total. The lowest BCUT2D eigenvalue weighted by Gasteiger charge is -2.00. The molecule has 0 aliphatic heterocycles. The molecule has 0 aliphatic rings. The van der Waals surface area contributed by atoms with Gasteiger partial charge in [0, 0.05) is 6.20 Å². The highest BCUT2D eigenvalue weighted by molar-refractivity contribution is 5.96. The minimum absolute atomic E-state index is 0.0643. The van der Waals surface area contributed by atoms with E-state index in [1.165, 1.54) is 18.5 Å². The van der Waals surface area contributed by atoms with Gasteiger partial charge in [-0.2, -0.15) is 5.10 Å². The summed E-state index contributed by atoms with van der Waals surface area (Å²) in [4.78, 5) is 26.4. The third-order valence-electron chi connectivity index (χ3n) is 2.12. The van der Waals surface area contributed by atoms with Crippen molar-refractivity contribution in [2.24, 2.45) is 0 Å². The SMILES string of the molecule is CCOC(=O)c1cnn2c(C(=O)O)ccnc12. The number of hydrogen-bond donors (Lipinski definition) is 1. The Morgan fingerprint density at radius 2 is 2.29 bits per heavy atom. The van der Waals surface area contributed by atoms with Crippen LogP contribution < -0.4 is 0 Å². The number of aromatic carboxylic acids is 1. The van der Waals surface area contributed by atoms with E-state index in [1.54, 1.807) is 6.92 Å². The number of carbonyl (C=O) groups is 2. The predicted octanol–water partition coefficient (Wildman–Crippen LogP) is 0.604. The van der Waals surface area contributed by atoms with Crippen molar-refractivity contribution in [3.63, 3.8) is 0 Å². The van der Waals surface area contributed by atoms with Gasteiger partial charge in [0.2, 0.25) is 0 Å². The molecular formula is C10H9N3O4. The van der Waals surface area contributed by atoms with E-state index in [0.29, 0.717) is 0 Å². The van der Waals surface area contributed by atoms with Crippen LogP contribution in [0.2, 0.25) is 0 Å². The van der Waals surface area contributed by atoms with Crippen molar-refractivity contribution in [2.75, 3.05) is 6.61 Å². The number of carboxylic acids is 1. The molecule has 0 spiro atoms. The molecule has 1 N–H and O–H groups in total. The Bertz CT molecular complexity index is 590. The Hall–Kier alpha value is -2.44. The predicted molar refractivity (Wildman–Crippen MR) is 55.9 cm³/mol. The molecule has 88 valence electrons. The Kier molecular flexibility index (Phi) is 2.73. The molecule has 2 heterocycles. The topological polar surface area (TPSA) is 93.8 Å². The highest BCUT2D eigenvalue weighted by Gasteiger charge is 2.18. The summed E-state index contributed by atoms with van der Waals surface area (Å²) >= 11 is 0. The van der Waals surface area contributed by atoms with Gasteiger partial charge in [0.15, 0.2) is 11.3 Å². The van der Waals surface area contributed by atoms with Crippen molar-refractivity contribution >= 4 is 17.6 Å². The molecule has 2 aromatic heterocycles. The summed E-state index contributed by atoms with van der Waals surface area (Å²) in [6, 6.07) is 1.30. The molecular weight excluding hydrogens is 226 g/mol. The van der Waals surface area contributed by atoms with Crippen molar-refractivity contribution in [1.29, 1.82) is 0 Å². The van der Waals surface area contributed by atoms with E-state index in [1.807, 2.05) is 0 Å². The van der Waals surface area contributed by atoms with Crippen molar-refractivity contribution < 1.29 is 19.4 Å². The van der Waals surface area contributed by atoms with Gasteiger partial charge in [-0.25, -0.2) is 19.1 Å². The van der Waals surface area contributed by atoms with Gasteiger partial charge in [-0.1, -0.05) is 0 Å². The molecule has 0 bridgehead atoms. The monoisotopic (exact) mass is 235 g/mol. The summed E-state index contributed by atoms with van der Waals surface area (Å²) in [7, 11) is 0. The first-order chi connectivity index (χ1) is 8.15. The summed E-state index contributed by atoms with van der Waals surface area (Å²) in [6.45, 7) is 1.91. The zero-order chi connectivity index (χ0) is 12.4. The average molecular weight is 235 g/mol. The minimum Gasteiger partial charge on any atom is -0.477 e. The first-order valence-electron chi connectivity index (χ1n) is 4.88. The van der Waals surface area contributed by atoms with Crippen LogP contribution in [0.4, 0.5) is 0 Å². The van der Waals surface area contributed by atoms with Crippen LogP contribution >= 0.6 is 0 Å². The molecule has 2 rings (SSSR count). The number of aromatic nitrogens is 3. The van der Waals surface area contributed by atoms with E-state index in [4.69, 9.17) is 9.84 Å². The molecule has 0 aliphatic carbocycles. The van der Waals surface area contributed by atoms with E-state index in [2.05, 4.69) is 10.1 Å². The van der Waals surface area contributed by atoms with Gasteiger partial charge < -0.3 is 9.84 Å². The van der Waals surface area contributed by atoms with Crippen LogP contribution in [0.15, 0.2) is 18.5 Å². The van der Waals surface area contributed by atoms with E-state index >= 15 is 0 Å². The molecule has 0 unspecified atom stereocenters. The highest BCUT2D eigenvalue weighted by Crippen LogP contribution is 2.11. The fraction of sp³-hybridized carbons (Fsp3) is 0.200. The van der Waals surface area contributed by atoms with Crippen LogP contribution in [0.5, 0.6) is 0 Å². The Balaban J connectivity index is 2.58. The number of hydrogen-bond acceptors (Lipinski definition) is 5. The average Bonchev–Trinajstić information content (AvgIpc) is 2.72. The maximum Gasteiger partial charge on any atom is 0.354 e. The summed E-state index contributed by atoms with van der Waals surface area (Å²) in [6.07, 6.45) is 2.55. The fourth-order valence-corrected chi connectivity index (χ4v) is 1.41. The van der Waals surface area contributed by atoms with Gasteiger partial charge >= 0.3 is 11.9 Å². The van der Waals surface area contributed by atoms with E-state index in [9.17, 15) is 9.59 Å². The van der Waals surface area contributed by atoms with Crippen molar-refractivity contribution in [1.82, 2.24) is 14.6 Å². The third-order valence-corrected chi connectivity index (χ3v) is 2.12. The van der Waals surface area contributed by atoms with Crippen LogP contribution in [0.3, 0.4) is 0 Å². The van der Waals surface area contributed by atoms with Crippen LogP contribution in [-0.4, -0.2) is 38.3 Å². The number of carbonyl (C=O) groups excluding carboxylic acids is 1. The van der Waals surface area contributed by atoms with Crippen LogP contribution in [0.25, 0.3) is 5.65 Å². The van der Waals surface area contributed by atoms with Gasteiger partial charge in [0.1, 0.15) is 5.56 Å². The molecule has 17 heavy (non-hydrogen) atoms. The largest absolute Gasteiger partial charge is 0.477 e. The second-order valence-electron chi connectivity index (χ2n) is 3.15. The lowest BCUT2D eigenvalue weighted by molar-refractivity contribution is 0.0527. The number of carboxylic acid groups (broad SMARTS) is 1. The quantitative estimate of drug-likeness (QED) is 0.783. The normalized spacial score (nSPS) is 10.4. The molecule has 7 heteroatoms. The zero-order valence-corrected chi connectivity index (χ0v) is 8.95. The van der Waals surface area contributed by atoms with Crippen molar-refractivity contribution in [3.05, 3.63) is 29.7 Å². The zero-order valence-electron chi connectivity index (χ0n) is 8.95. The van der Waals surface area contributed by atoms with Gasteiger partial charge in [-0.3, -0.25) is 0 Å². The van der Waals surface area contributed by atoms with Gasteiger partial charge in [-0.15, -0.1) is 0 Å². The molecule has 0 saturated heterocycles. The Morgan fingerprint density at radius 1 is 1.53 bits per heavy atom. The summed E-state index contributed by atoms with van der Waals surface area (Å²) < 4.78 is 5.91. The molecule has 0 saturated carbocycles. The molecule has 0 atom stereocenters. The Labute approximate surface area is 95.6 Å². The minimum atomic E-state index is -1.14. The molecule has 0 fully saturated rings. The van der Waals surface area contributed by atoms with Gasteiger partial charge in [-0.05, 0) is 13.0 Å². The molecule has 0 amide bonds. The second-order valence-corrected chi connectivity index (χ2v) is 3.15. The van der Waals surface area contributed by atoms with E-state index in [-0.39, 0.29) is 23.5 Å². The highest BCUT2D eigenvalue weighted by atomic mass is 16.5. The number of ether oxygens (including phenoxy) is 1. The Morgan fingerprint density at radius 3 is 2.94 bits per heavy atom. The van der Waals surface area contributed by atoms with Gasteiger partial charge in [0.05, 0.1) is 12.8 Å². The number of rotatable bonds is 3. The van der Waals surface area contributed by atoms with Crippen LogP contribution in [-0.2, 0) is 4.74 Å². The van der Waals surface area contributed by atoms with Crippen LogP contribution in [0.1, 0.15) is 27.8 Å². The second kappa shape index (κ2) is 4.20. The summed E-state index contributed by atoms with van der Waals surface area (Å²) in [5.74, 6) is -1.71. The lowest BCUT2D eigenvalue weighted by Crippen LogP contribution is -2.08. The smallest absolute Gasteiger partial charge is 0.354 e. The van der Waals surface area contributed by atoms with E-state index in [0.717, 1.165) is 4.52 Å². The van der Waals surface area contributed by atoms with Gasteiger partial charge in [0.25, 0.3) is 0 Å². The molecule has 2 aromatic rings. The molecule has 0 aromatic carbocycles. The van der Waals surface area contributed by atoms with Crippen LogP contribution in [0, 0.1) is 0 Å². The number of nitrogens with zero attached hydrogens (tertiary/aromatic N) is 3. The maximum absolute atomic E-state index is 11.5. The molecule has 0 radical (unpaired) electrons. The number of fused-ring (bicyclic) bond motifs is 1. The first-order valence-corrected chi connectivity index (χ1v) is 4.88. The van der Waals surface area contributed by atoms with Crippen molar-refractivity contribution in [3.8, 4) is 0 Å². The summed E-state index contributed by atoms with van der Waals surface area (Å²) in [5, 5.41) is 12.7. The fourth-order valence-electron chi connectivity index (χ4n) is 1.41. The third kappa shape index (κ3) is 1.82. The standard InChI is InChI=1S/C10H9N3O4/c1-2-17-10(16)6-5-12-13-7(9(14)15)3-4-11-8(6)13/h3-5H,2H2,1H3,(H,14,15). The lowest BCUT2D eigenvalue weighted by atomic mass is 10.3.